The van der Waals surface area contributed by atoms with Crippen molar-refractivity contribution in [2.45, 2.75) is 38.0 Å². The molecule has 1 saturated carbocycles. The van der Waals surface area contributed by atoms with Gasteiger partial charge in [-0.15, -0.1) is 0 Å². The summed E-state index contributed by atoms with van der Waals surface area (Å²) >= 11 is 0. The number of hydrogen-bond donors (Lipinski definition) is 3. The van der Waals surface area contributed by atoms with Crippen LogP contribution in [0.3, 0.4) is 0 Å². The Morgan fingerprint density at radius 2 is 2.35 bits per heavy atom. The lowest BCUT2D eigenvalue weighted by atomic mass is 10.1. The highest BCUT2D eigenvalue weighted by Crippen LogP contribution is 2.22. The molecule has 1 aliphatic rings. The third-order valence-corrected chi connectivity index (χ3v) is 3.76. The van der Waals surface area contributed by atoms with E-state index in [0.29, 0.717) is 24.3 Å². The molecule has 110 valence electrons. The summed E-state index contributed by atoms with van der Waals surface area (Å²) in [5.74, 6) is -0.666. The maximum atomic E-state index is 14.2. The van der Waals surface area contributed by atoms with Gasteiger partial charge in [-0.2, -0.15) is 0 Å². The number of ether oxygens (including phenoxy) is 1. The molecule has 2 rings (SSSR count). The molecule has 1 aliphatic carbocycles. The average Bonchev–Trinajstić information content (AvgIpc) is 2.93. The molecule has 5 nitrogen and oxygen atoms in total. The number of amidine groups is 1. The molecule has 0 radical (unpaired) electrons. The summed E-state index contributed by atoms with van der Waals surface area (Å²) in [6, 6.07) is 5.22. The van der Waals surface area contributed by atoms with Gasteiger partial charge in [0.25, 0.3) is 0 Å². The summed E-state index contributed by atoms with van der Waals surface area (Å²) in [5, 5.41) is 14.8. The number of halogens is 1. The van der Waals surface area contributed by atoms with Crippen molar-refractivity contribution in [3.05, 3.63) is 35.1 Å². The molecule has 6 heteroatoms. The monoisotopic (exact) mass is 281 g/mol. The van der Waals surface area contributed by atoms with Crippen LogP contribution in [0.1, 0.15) is 30.4 Å². The fraction of sp³-hybridized carbons (Fsp3) is 0.500. The first kappa shape index (κ1) is 14.7. The Kier molecular flexibility index (Phi) is 4.92. The quantitative estimate of drug-likeness (QED) is 0.331. The molecule has 1 aromatic rings. The van der Waals surface area contributed by atoms with Crippen molar-refractivity contribution in [1.29, 1.82) is 0 Å². The Labute approximate surface area is 117 Å². The van der Waals surface area contributed by atoms with Gasteiger partial charge in [-0.05, 0) is 25.3 Å². The Morgan fingerprint density at radius 3 is 3.00 bits per heavy atom. The largest absolute Gasteiger partial charge is 0.409 e. The maximum Gasteiger partial charge on any atom is 0.173 e. The second-order valence-electron chi connectivity index (χ2n) is 5.01. The summed E-state index contributed by atoms with van der Waals surface area (Å²) in [6.45, 7) is 0.416. The first-order chi connectivity index (χ1) is 9.65. The van der Waals surface area contributed by atoms with Crippen molar-refractivity contribution >= 4 is 5.84 Å². The van der Waals surface area contributed by atoms with E-state index in [4.69, 9.17) is 15.7 Å². The van der Waals surface area contributed by atoms with Crippen LogP contribution in [0.25, 0.3) is 0 Å². The number of nitrogens with one attached hydrogen (secondary N) is 1. The Balaban J connectivity index is 2.00. The zero-order valence-electron chi connectivity index (χ0n) is 11.5. The molecule has 0 bridgehead atoms. The van der Waals surface area contributed by atoms with E-state index in [1.165, 1.54) is 6.07 Å². The Morgan fingerprint density at radius 1 is 1.55 bits per heavy atom. The van der Waals surface area contributed by atoms with Crippen molar-refractivity contribution in [3.8, 4) is 0 Å². The number of hydrogen-bond acceptors (Lipinski definition) is 4. The summed E-state index contributed by atoms with van der Waals surface area (Å²) in [5.41, 5.74) is 6.07. The zero-order valence-corrected chi connectivity index (χ0v) is 11.5. The van der Waals surface area contributed by atoms with Crippen molar-refractivity contribution in [1.82, 2.24) is 5.32 Å². The lowest BCUT2D eigenvalue weighted by Crippen LogP contribution is -2.27. The van der Waals surface area contributed by atoms with E-state index in [0.717, 1.165) is 19.3 Å². The molecule has 20 heavy (non-hydrogen) atoms. The van der Waals surface area contributed by atoms with Crippen LogP contribution in [0.5, 0.6) is 0 Å². The third kappa shape index (κ3) is 3.26. The van der Waals surface area contributed by atoms with Gasteiger partial charge in [0.2, 0.25) is 0 Å². The fourth-order valence-electron chi connectivity index (χ4n) is 2.56. The predicted molar refractivity (Wildman–Crippen MR) is 74.2 cm³/mol. The molecule has 2 unspecified atom stereocenters. The van der Waals surface area contributed by atoms with Gasteiger partial charge in [-0.25, -0.2) is 4.39 Å². The van der Waals surface area contributed by atoms with Gasteiger partial charge < -0.3 is 21.0 Å². The summed E-state index contributed by atoms with van der Waals surface area (Å²) in [7, 11) is 1.72. The molecule has 0 aromatic heterocycles. The molecular weight excluding hydrogens is 261 g/mol. The van der Waals surface area contributed by atoms with Crippen LogP contribution < -0.4 is 11.1 Å². The molecule has 0 heterocycles. The van der Waals surface area contributed by atoms with Gasteiger partial charge in [0.15, 0.2) is 5.84 Å². The number of nitrogens with two attached hydrogens (primary N) is 1. The van der Waals surface area contributed by atoms with Crippen LogP contribution >= 0.6 is 0 Å². The van der Waals surface area contributed by atoms with Gasteiger partial charge in [-0.1, -0.05) is 17.3 Å². The molecule has 0 saturated heterocycles. The first-order valence-electron chi connectivity index (χ1n) is 6.67. The molecule has 0 aliphatic heterocycles. The second kappa shape index (κ2) is 6.67. The first-order valence-corrected chi connectivity index (χ1v) is 6.67. The minimum Gasteiger partial charge on any atom is -0.409 e. The van der Waals surface area contributed by atoms with Crippen LogP contribution in [0.15, 0.2) is 23.4 Å². The zero-order chi connectivity index (χ0) is 14.5. The average molecular weight is 281 g/mol. The fourth-order valence-corrected chi connectivity index (χ4v) is 2.56. The van der Waals surface area contributed by atoms with E-state index in [9.17, 15) is 4.39 Å². The lowest BCUT2D eigenvalue weighted by Gasteiger charge is -2.14. The van der Waals surface area contributed by atoms with E-state index in [1.807, 2.05) is 0 Å². The van der Waals surface area contributed by atoms with Crippen LogP contribution in [0, 0.1) is 5.82 Å². The maximum absolute atomic E-state index is 14.2. The highest BCUT2D eigenvalue weighted by atomic mass is 19.1. The van der Waals surface area contributed by atoms with Crippen molar-refractivity contribution in [3.63, 3.8) is 0 Å². The van der Waals surface area contributed by atoms with Crippen LogP contribution in [-0.2, 0) is 11.3 Å². The van der Waals surface area contributed by atoms with Gasteiger partial charge in [0, 0.05) is 25.3 Å². The number of oxime groups is 1. The van der Waals surface area contributed by atoms with E-state index in [1.54, 1.807) is 19.2 Å². The Bertz CT molecular complexity index is 493. The standard InChI is InChI=1S/C14H20FN3O2/c1-20-11-6-5-10(7-11)17-8-9-3-2-4-12(13(9)15)14(16)18-19/h2-4,10-11,17,19H,5-8H2,1H3,(H2,16,18). The van der Waals surface area contributed by atoms with Crippen LogP contribution in [0.2, 0.25) is 0 Å². The minimum atomic E-state index is -0.448. The van der Waals surface area contributed by atoms with E-state index in [2.05, 4.69) is 10.5 Å². The van der Waals surface area contributed by atoms with Crippen molar-refractivity contribution in [2.75, 3.05) is 7.11 Å². The second-order valence-corrected chi connectivity index (χ2v) is 5.01. The highest BCUT2D eigenvalue weighted by molar-refractivity contribution is 5.97. The lowest BCUT2D eigenvalue weighted by molar-refractivity contribution is 0.107. The van der Waals surface area contributed by atoms with E-state index >= 15 is 0 Å². The van der Waals surface area contributed by atoms with Crippen LogP contribution in [-0.4, -0.2) is 30.3 Å². The molecule has 2 atom stereocenters. The summed E-state index contributed by atoms with van der Waals surface area (Å²) < 4.78 is 19.5. The highest BCUT2D eigenvalue weighted by Gasteiger charge is 2.24. The SMILES string of the molecule is COC1CCC(NCc2cccc(/C(N)=N/O)c2F)C1. The van der Waals surface area contributed by atoms with Crippen LogP contribution in [0.4, 0.5) is 4.39 Å². The molecule has 1 aromatic carbocycles. The van der Waals surface area contributed by atoms with E-state index in [-0.39, 0.29) is 11.4 Å². The van der Waals surface area contributed by atoms with Gasteiger partial charge in [-0.3, -0.25) is 0 Å². The van der Waals surface area contributed by atoms with Gasteiger partial charge in [0.05, 0.1) is 11.7 Å². The number of rotatable bonds is 5. The van der Waals surface area contributed by atoms with Crippen molar-refractivity contribution < 1.29 is 14.3 Å². The molecular formula is C14H20FN3O2. The topological polar surface area (TPSA) is 79.9 Å². The molecule has 0 spiro atoms. The summed E-state index contributed by atoms with van der Waals surface area (Å²) in [4.78, 5) is 0. The van der Waals surface area contributed by atoms with Gasteiger partial charge >= 0.3 is 0 Å². The number of nitrogens with zero attached hydrogens (tertiary/aromatic N) is 1. The summed E-state index contributed by atoms with van der Waals surface area (Å²) in [6.07, 6.45) is 3.29. The molecule has 0 amide bonds. The number of methoxy groups -OCH3 is 1. The third-order valence-electron chi connectivity index (χ3n) is 3.76. The molecule has 1 fully saturated rings. The molecule has 4 N–H and O–H groups in total. The smallest absolute Gasteiger partial charge is 0.173 e. The Hall–Kier alpha value is -1.66. The predicted octanol–water partition coefficient (Wildman–Crippen LogP) is 1.58. The van der Waals surface area contributed by atoms with Crippen molar-refractivity contribution in [2.24, 2.45) is 10.9 Å². The number of benzene rings is 1. The minimum absolute atomic E-state index is 0.119. The normalized spacial score (nSPS) is 23.2. The van der Waals surface area contributed by atoms with Gasteiger partial charge in [0.1, 0.15) is 5.82 Å². The van der Waals surface area contributed by atoms with E-state index < -0.39 is 5.82 Å².